The van der Waals surface area contributed by atoms with Gasteiger partial charge in [-0.2, -0.15) is 0 Å². The van der Waals surface area contributed by atoms with Crippen LogP contribution in [-0.2, 0) is 20.1 Å². The fourth-order valence-corrected chi connectivity index (χ4v) is 5.80. The minimum atomic E-state index is 0. The molecule has 231 valence electrons. The van der Waals surface area contributed by atoms with E-state index in [2.05, 4.69) is 110 Å². The second kappa shape index (κ2) is 14.5. The molecule has 0 saturated heterocycles. The molecule has 3 aromatic heterocycles. The van der Waals surface area contributed by atoms with Crippen LogP contribution in [0.4, 0.5) is 0 Å². The quantitative estimate of drug-likeness (QED) is 0.163. The SMILES string of the molecule is CC(c1ccccc1)c1cc[c-]c(-c2ccccn2)c1.Cc1cc(-c2[c-]cc3oc4ccccc4c3c2)ncc1-c1ccccc1.[Ir]. The molecule has 0 spiro atoms. The Kier molecular flexibility index (Phi) is 9.83. The normalized spacial score (nSPS) is 11.4. The largest absolute Gasteiger partial charge is 0.500 e. The van der Waals surface area contributed by atoms with Crippen LogP contribution in [0.25, 0.3) is 55.6 Å². The Hall–Kier alpha value is -5.15. The van der Waals surface area contributed by atoms with Crippen LogP contribution in [0, 0.1) is 19.1 Å². The Labute approximate surface area is 289 Å². The maximum Gasteiger partial charge on any atom is 0.120 e. The molecule has 0 saturated carbocycles. The molecular weight excluding hydrogens is 753 g/mol. The fraction of sp³-hybridized carbons (Fsp3) is 0.0698. The molecule has 8 aromatic rings. The molecule has 3 heterocycles. The summed E-state index contributed by atoms with van der Waals surface area (Å²) in [6, 6.07) is 54.0. The van der Waals surface area contributed by atoms with Crippen molar-refractivity contribution in [1.29, 1.82) is 0 Å². The number of aromatic nitrogens is 2. The predicted octanol–water partition coefficient (Wildman–Crippen LogP) is 11.1. The van der Waals surface area contributed by atoms with Crippen LogP contribution in [0.1, 0.15) is 29.5 Å². The molecule has 0 amide bonds. The zero-order chi connectivity index (χ0) is 31.3. The van der Waals surface area contributed by atoms with Crippen LogP contribution in [-0.4, -0.2) is 9.97 Å². The first-order valence-electron chi connectivity index (χ1n) is 15.5. The summed E-state index contributed by atoms with van der Waals surface area (Å²) < 4.78 is 5.89. The molecule has 3 nitrogen and oxygen atoms in total. The number of rotatable bonds is 5. The molecule has 0 bridgehead atoms. The number of pyridine rings is 2. The van der Waals surface area contributed by atoms with Gasteiger partial charge in [-0.1, -0.05) is 109 Å². The minimum absolute atomic E-state index is 0. The Morgan fingerprint density at radius 3 is 2.11 bits per heavy atom. The van der Waals surface area contributed by atoms with E-state index in [0.29, 0.717) is 5.92 Å². The molecule has 4 heteroatoms. The van der Waals surface area contributed by atoms with E-state index in [-0.39, 0.29) is 20.1 Å². The molecular formula is C43H32IrN2O-2. The maximum atomic E-state index is 5.89. The van der Waals surface area contributed by atoms with Crippen LogP contribution < -0.4 is 0 Å². The first-order chi connectivity index (χ1) is 22.6. The van der Waals surface area contributed by atoms with Crippen molar-refractivity contribution >= 4 is 21.9 Å². The van der Waals surface area contributed by atoms with Crippen molar-refractivity contribution in [3.8, 4) is 33.6 Å². The number of benzene rings is 5. The third-order valence-electron chi connectivity index (χ3n) is 8.35. The monoisotopic (exact) mass is 785 g/mol. The molecule has 47 heavy (non-hydrogen) atoms. The average Bonchev–Trinajstić information content (AvgIpc) is 3.51. The molecule has 8 rings (SSSR count). The van der Waals surface area contributed by atoms with Gasteiger partial charge in [-0.3, -0.25) is 0 Å². The van der Waals surface area contributed by atoms with Gasteiger partial charge in [-0.25, -0.2) is 0 Å². The number of furan rings is 1. The van der Waals surface area contributed by atoms with Crippen molar-refractivity contribution in [2.75, 3.05) is 0 Å². The van der Waals surface area contributed by atoms with Crippen LogP contribution in [0.2, 0.25) is 0 Å². The second-order valence-corrected chi connectivity index (χ2v) is 11.4. The summed E-state index contributed by atoms with van der Waals surface area (Å²) in [4.78, 5) is 9.09. The van der Waals surface area contributed by atoms with Crippen molar-refractivity contribution in [3.05, 3.63) is 181 Å². The molecule has 1 radical (unpaired) electrons. The summed E-state index contributed by atoms with van der Waals surface area (Å²) >= 11 is 0. The summed E-state index contributed by atoms with van der Waals surface area (Å²) in [5.74, 6) is 0.369. The van der Waals surface area contributed by atoms with Crippen molar-refractivity contribution in [3.63, 3.8) is 0 Å². The maximum absolute atomic E-state index is 5.89. The fourth-order valence-electron chi connectivity index (χ4n) is 5.80. The van der Waals surface area contributed by atoms with E-state index in [4.69, 9.17) is 9.40 Å². The van der Waals surface area contributed by atoms with Crippen LogP contribution >= 0.6 is 0 Å². The topological polar surface area (TPSA) is 38.9 Å². The van der Waals surface area contributed by atoms with Gasteiger partial charge in [0.15, 0.2) is 0 Å². The van der Waals surface area contributed by atoms with Gasteiger partial charge in [0.1, 0.15) is 5.58 Å². The van der Waals surface area contributed by atoms with Crippen molar-refractivity contribution in [1.82, 2.24) is 9.97 Å². The Bertz CT molecular complexity index is 2230. The van der Waals surface area contributed by atoms with E-state index in [1.165, 1.54) is 22.3 Å². The minimum Gasteiger partial charge on any atom is -0.500 e. The Balaban J connectivity index is 0.000000167. The van der Waals surface area contributed by atoms with Gasteiger partial charge in [0, 0.05) is 43.4 Å². The molecule has 1 unspecified atom stereocenters. The molecule has 0 aliphatic heterocycles. The smallest absolute Gasteiger partial charge is 0.120 e. The third-order valence-corrected chi connectivity index (χ3v) is 8.35. The molecule has 1 atom stereocenters. The number of hydrogen-bond donors (Lipinski definition) is 0. The van der Waals surface area contributed by atoms with E-state index in [1.54, 1.807) is 0 Å². The van der Waals surface area contributed by atoms with Gasteiger partial charge in [-0.15, -0.1) is 59.2 Å². The molecule has 0 N–H and O–H groups in total. The van der Waals surface area contributed by atoms with Crippen molar-refractivity contribution in [2.45, 2.75) is 19.8 Å². The van der Waals surface area contributed by atoms with Gasteiger partial charge in [0.25, 0.3) is 0 Å². The molecule has 0 fully saturated rings. The standard InChI is InChI=1S/C24H16NO.C19H16N.Ir/c1-16-13-22(25-15-21(16)17-7-3-2-4-8-17)18-11-12-24-20(14-18)19-9-5-6-10-23(19)26-24;1-15(16-8-3-2-4-9-16)17-10-7-11-18(14-17)19-12-5-6-13-20-19;/h2-10,12-15H,1H3;2-10,12-15H,1H3;/q2*-1;. The van der Waals surface area contributed by atoms with Crippen molar-refractivity contribution < 1.29 is 24.5 Å². The van der Waals surface area contributed by atoms with Gasteiger partial charge >= 0.3 is 0 Å². The molecule has 0 aliphatic carbocycles. The van der Waals surface area contributed by atoms with E-state index in [0.717, 1.165) is 50.0 Å². The third kappa shape index (κ3) is 7.00. The van der Waals surface area contributed by atoms with Crippen LogP contribution in [0.15, 0.2) is 156 Å². The summed E-state index contributed by atoms with van der Waals surface area (Å²) in [6.45, 7) is 4.35. The number of para-hydroxylation sites is 1. The number of fused-ring (bicyclic) bond motifs is 3. The van der Waals surface area contributed by atoms with Crippen molar-refractivity contribution in [2.24, 2.45) is 0 Å². The zero-order valence-corrected chi connectivity index (χ0v) is 28.5. The van der Waals surface area contributed by atoms with Crippen LogP contribution in [0.3, 0.4) is 0 Å². The first-order valence-corrected chi connectivity index (χ1v) is 15.5. The predicted molar refractivity (Wildman–Crippen MR) is 188 cm³/mol. The van der Waals surface area contributed by atoms with E-state index >= 15 is 0 Å². The zero-order valence-electron chi connectivity index (χ0n) is 26.1. The summed E-state index contributed by atoms with van der Waals surface area (Å²) in [6.07, 6.45) is 3.77. The summed E-state index contributed by atoms with van der Waals surface area (Å²) in [7, 11) is 0. The Morgan fingerprint density at radius 1 is 0.617 bits per heavy atom. The summed E-state index contributed by atoms with van der Waals surface area (Å²) in [5.41, 5.74) is 11.8. The average molecular weight is 785 g/mol. The number of aryl methyl sites for hydroxylation is 1. The van der Waals surface area contributed by atoms with Gasteiger partial charge < -0.3 is 14.4 Å². The Morgan fingerprint density at radius 2 is 1.34 bits per heavy atom. The van der Waals surface area contributed by atoms with Gasteiger partial charge in [0.2, 0.25) is 0 Å². The molecule has 0 aliphatic rings. The van der Waals surface area contributed by atoms with E-state index in [1.807, 2.05) is 73.1 Å². The van der Waals surface area contributed by atoms with E-state index < -0.39 is 0 Å². The van der Waals surface area contributed by atoms with Gasteiger partial charge in [0.05, 0.1) is 5.58 Å². The molecule has 5 aromatic carbocycles. The van der Waals surface area contributed by atoms with Crippen LogP contribution in [0.5, 0.6) is 0 Å². The first kappa shape index (κ1) is 31.8. The number of hydrogen-bond acceptors (Lipinski definition) is 3. The second-order valence-electron chi connectivity index (χ2n) is 11.4. The summed E-state index contributed by atoms with van der Waals surface area (Å²) in [5, 5.41) is 2.22. The van der Waals surface area contributed by atoms with E-state index in [9.17, 15) is 0 Å². The van der Waals surface area contributed by atoms with Gasteiger partial charge in [-0.05, 0) is 53.1 Å². The number of nitrogens with zero attached hydrogens (tertiary/aromatic N) is 2.